The fourth-order valence-electron chi connectivity index (χ4n) is 1.84. The zero-order valence-electron chi connectivity index (χ0n) is 12.9. The van der Waals surface area contributed by atoms with Crippen molar-refractivity contribution in [1.29, 1.82) is 0 Å². The molecule has 5 nitrogen and oxygen atoms in total. The molecule has 2 amide bonds. The van der Waals surface area contributed by atoms with E-state index in [1.165, 1.54) is 11.0 Å². The van der Waals surface area contributed by atoms with Gasteiger partial charge >= 0.3 is 0 Å². The van der Waals surface area contributed by atoms with Gasteiger partial charge in [-0.15, -0.1) is 0 Å². The first-order valence-electron chi connectivity index (χ1n) is 7.04. The summed E-state index contributed by atoms with van der Waals surface area (Å²) >= 11 is 11.7. The van der Waals surface area contributed by atoms with Gasteiger partial charge in [-0.2, -0.15) is 0 Å². The van der Waals surface area contributed by atoms with E-state index in [1.807, 2.05) is 6.07 Å². The van der Waals surface area contributed by atoms with Crippen molar-refractivity contribution in [2.75, 3.05) is 18.9 Å². The minimum Gasteiger partial charge on any atom is -0.333 e. The van der Waals surface area contributed by atoms with Gasteiger partial charge in [0.25, 0.3) is 0 Å². The number of nitrogens with zero attached hydrogens (tertiary/aromatic N) is 2. The van der Waals surface area contributed by atoms with Crippen LogP contribution in [0.15, 0.2) is 48.8 Å². The first-order chi connectivity index (χ1) is 11.5. The summed E-state index contributed by atoms with van der Waals surface area (Å²) in [5.41, 5.74) is 1.32. The molecule has 0 bridgehead atoms. The molecule has 24 heavy (non-hydrogen) atoms. The lowest BCUT2D eigenvalue weighted by Gasteiger charge is -2.15. The fourth-order valence-corrected chi connectivity index (χ4v) is 2.14. The van der Waals surface area contributed by atoms with Crippen LogP contribution in [-0.2, 0) is 9.59 Å². The van der Waals surface area contributed by atoms with E-state index in [0.717, 1.165) is 5.56 Å². The SMILES string of the molecule is CN(CC(=O)Nc1ccc(Cl)c(Cl)c1)C(=O)/C=C/c1cccnc1. The number of pyridine rings is 1. The Balaban J connectivity index is 1.89. The number of anilines is 1. The molecule has 0 saturated carbocycles. The molecule has 0 spiro atoms. The largest absolute Gasteiger partial charge is 0.333 e. The first-order valence-corrected chi connectivity index (χ1v) is 7.79. The topological polar surface area (TPSA) is 62.3 Å². The highest BCUT2D eigenvalue weighted by atomic mass is 35.5. The molecule has 2 aromatic rings. The molecule has 0 unspecified atom stereocenters. The van der Waals surface area contributed by atoms with Crippen LogP contribution in [0.25, 0.3) is 6.08 Å². The van der Waals surface area contributed by atoms with Crippen molar-refractivity contribution in [1.82, 2.24) is 9.88 Å². The van der Waals surface area contributed by atoms with Crippen molar-refractivity contribution in [3.8, 4) is 0 Å². The average Bonchev–Trinajstić information content (AvgIpc) is 2.56. The summed E-state index contributed by atoms with van der Waals surface area (Å²) in [5, 5.41) is 3.41. The van der Waals surface area contributed by atoms with E-state index in [2.05, 4.69) is 10.3 Å². The predicted molar refractivity (Wildman–Crippen MR) is 96.0 cm³/mol. The third-order valence-corrected chi connectivity index (χ3v) is 3.80. The Hall–Kier alpha value is -2.37. The third kappa shape index (κ3) is 5.37. The van der Waals surface area contributed by atoms with E-state index in [1.54, 1.807) is 49.8 Å². The van der Waals surface area contributed by atoms with Gasteiger partial charge in [-0.3, -0.25) is 14.6 Å². The third-order valence-electron chi connectivity index (χ3n) is 3.06. The van der Waals surface area contributed by atoms with Gasteiger partial charge in [-0.25, -0.2) is 0 Å². The lowest BCUT2D eigenvalue weighted by molar-refractivity contribution is -0.129. The van der Waals surface area contributed by atoms with Crippen molar-refractivity contribution < 1.29 is 9.59 Å². The van der Waals surface area contributed by atoms with E-state index in [9.17, 15) is 9.59 Å². The van der Waals surface area contributed by atoms with Gasteiger partial charge in [-0.1, -0.05) is 29.3 Å². The molecule has 0 saturated heterocycles. The fraction of sp³-hybridized carbons (Fsp3) is 0.118. The van der Waals surface area contributed by atoms with Crippen LogP contribution in [-0.4, -0.2) is 35.3 Å². The Labute approximate surface area is 149 Å². The number of likely N-dealkylation sites (N-methyl/N-ethyl adjacent to an activating group) is 1. The number of benzene rings is 1. The lowest BCUT2D eigenvalue weighted by Crippen LogP contribution is -2.33. The Morgan fingerprint density at radius 3 is 2.71 bits per heavy atom. The standard InChI is InChI=1S/C17H15Cl2N3O2/c1-22(17(24)7-4-12-3-2-8-20-10-12)11-16(23)21-13-5-6-14(18)15(19)9-13/h2-10H,11H2,1H3,(H,21,23)/b7-4+. The lowest BCUT2D eigenvalue weighted by atomic mass is 10.2. The van der Waals surface area contributed by atoms with Crippen LogP contribution in [0.3, 0.4) is 0 Å². The zero-order valence-corrected chi connectivity index (χ0v) is 14.4. The molecule has 1 aromatic carbocycles. The summed E-state index contributed by atoms with van der Waals surface area (Å²) in [6.45, 7) is -0.0868. The molecule has 1 N–H and O–H groups in total. The Kier molecular flexibility index (Phi) is 6.35. The van der Waals surface area contributed by atoms with Crippen LogP contribution in [0.4, 0.5) is 5.69 Å². The molecule has 1 aromatic heterocycles. The molecule has 0 aliphatic carbocycles. The molecular weight excluding hydrogens is 349 g/mol. The number of rotatable bonds is 5. The van der Waals surface area contributed by atoms with Crippen LogP contribution >= 0.6 is 23.2 Å². The van der Waals surface area contributed by atoms with Gasteiger partial charge < -0.3 is 10.2 Å². The monoisotopic (exact) mass is 363 g/mol. The molecule has 2 rings (SSSR count). The van der Waals surface area contributed by atoms with Crippen molar-refractivity contribution in [3.05, 3.63) is 64.4 Å². The molecule has 0 aliphatic rings. The van der Waals surface area contributed by atoms with E-state index < -0.39 is 0 Å². The number of aromatic nitrogens is 1. The van der Waals surface area contributed by atoms with Crippen LogP contribution in [0.5, 0.6) is 0 Å². The number of amides is 2. The normalized spacial score (nSPS) is 10.6. The van der Waals surface area contributed by atoms with Crippen LogP contribution in [0, 0.1) is 0 Å². The van der Waals surface area contributed by atoms with Crippen molar-refractivity contribution >= 4 is 46.8 Å². The quantitative estimate of drug-likeness (QED) is 0.826. The summed E-state index contributed by atoms with van der Waals surface area (Å²) in [6.07, 6.45) is 6.32. The van der Waals surface area contributed by atoms with Crippen LogP contribution < -0.4 is 5.32 Å². The minimum absolute atomic E-state index is 0.0868. The summed E-state index contributed by atoms with van der Waals surface area (Å²) in [4.78, 5) is 29.2. The number of nitrogens with one attached hydrogen (secondary N) is 1. The summed E-state index contributed by atoms with van der Waals surface area (Å²) < 4.78 is 0. The second-order valence-corrected chi connectivity index (χ2v) is 5.81. The van der Waals surface area contributed by atoms with Gasteiger partial charge in [-0.05, 0) is 35.9 Å². The maximum atomic E-state index is 12.0. The summed E-state index contributed by atoms with van der Waals surface area (Å²) in [5.74, 6) is -0.623. The maximum Gasteiger partial charge on any atom is 0.246 e. The van der Waals surface area contributed by atoms with E-state index in [0.29, 0.717) is 15.7 Å². The molecule has 0 fully saturated rings. The highest BCUT2D eigenvalue weighted by Gasteiger charge is 2.11. The van der Waals surface area contributed by atoms with Crippen molar-refractivity contribution in [2.45, 2.75) is 0 Å². The number of hydrogen-bond donors (Lipinski definition) is 1. The second-order valence-electron chi connectivity index (χ2n) is 4.99. The number of carbonyl (C=O) groups is 2. The Morgan fingerprint density at radius 2 is 2.04 bits per heavy atom. The van der Waals surface area contributed by atoms with Gasteiger partial charge in [0.15, 0.2) is 0 Å². The van der Waals surface area contributed by atoms with E-state index in [4.69, 9.17) is 23.2 Å². The molecular formula is C17H15Cl2N3O2. The molecule has 0 radical (unpaired) electrons. The zero-order chi connectivity index (χ0) is 17.5. The summed E-state index contributed by atoms with van der Waals surface area (Å²) in [7, 11) is 1.55. The van der Waals surface area contributed by atoms with Crippen LogP contribution in [0.1, 0.15) is 5.56 Å². The number of carbonyl (C=O) groups excluding carboxylic acids is 2. The number of halogens is 2. The van der Waals surface area contributed by atoms with Gasteiger partial charge in [0.2, 0.25) is 11.8 Å². The Bertz CT molecular complexity index is 764. The highest BCUT2D eigenvalue weighted by Crippen LogP contribution is 2.24. The molecule has 0 aliphatic heterocycles. The van der Waals surface area contributed by atoms with Crippen molar-refractivity contribution in [3.63, 3.8) is 0 Å². The Morgan fingerprint density at radius 1 is 1.25 bits per heavy atom. The maximum absolute atomic E-state index is 12.0. The predicted octanol–water partition coefficient (Wildman–Crippen LogP) is 3.50. The van der Waals surface area contributed by atoms with E-state index in [-0.39, 0.29) is 18.4 Å². The molecule has 124 valence electrons. The minimum atomic E-state index is -0.334. The van der Waals surface area contributed by atoms with Gasteiger partial charge in [0.1, 0.15) is 0 Å². The second kappa shape index (κ2) is 8.47. The van der Waals surface area contributed by atoms with E-state index >= 15 is 0 Å². The van der Waals surface area contributed by atoms with Crippen LogP contribution in [0.2, 0.25) is 10.0 Å². The molecule has 7 heteroatoms. The smallest absolute Gasteiger partial charge is 0.246 e. The average molecular weight is 364 g/mol. The van der Waals surface area contributed by atoms with Gasteiger partial charge in [0.05, 0.1) is 16.6 Å². The highest BCUT2D eigenvalue weighted by molar-refractivity contribution is 6.42. The first kappa shape index (κ1) is 18.0. The van der Waals surface area contributed by atoms with Gasteiger partial charge in [0, 0.05) is 31.2 Å². The summed E-state index contributed by atoms with van der Waals surface area (Å²) in [6, 6.07) is 8.37. The number of hydrogen-bond acceptors (Lipinski definition) is 3. The van der Waals surface area contributed by atoms with Crippen molar-refractivity contribution in [2.24, 2.45) is 0 Å². The molecule has 1 heterocycles. The molecule has 0 atom stereocenters.